The Morgan fingerprint density at radius 2 is 1.76 bits per heavy atom. The number of para-hydroxylation sites is 2. The van der Waals surface area contributed by atoms with Crippen LogP contribution in [0.2, 0.25) is 0 Å². The summed E-state index contributed by atoms with van der Waals surface area (Å²) in [5.74, 6) is 2.72. The third kappa shape index (κ3) is 6.20. The van der Waals surface area contributed by atoms with Crippen LogP contribution in [0, 0.1) is 0 Å². The molecule has 0 radical (unpaired) electrons. The van der Waals surface area contributed by atoms with Gasteiger partial charge in [-0.05, 0) is 18.2 Å². The molecule has 0 unspecified atom stereocenters. The van der Waals surface area contributed by atoms with E-state index in [9.17, 15) is 0 Å². The smallest absolute Gasteiger partial charge is 0.225 e. The molecule has 2 N–H and O–H groups in total. The van der Waals surface area contributed by atoms with Crippen LogP contribution in [0.4, 0.5) is 17.6 Å². The first-order valence-corrected chi connectivity index (χ1v) is 11.0. The Bertz CT molecular complexity index is 1200. The molecule has 4 aromatic rings. The van der Waals surface area contributed by atoms with Gasteiger partial charge in [0.25, 0.3) is 0 Å². The molecule has 2 heterocycles. The zero-order chi connectivity index (χ0) is 23.5. The van der Waals surface area contributed by atoms with E-state index < -0.39 is 0 Å². The maximum atomic E-state index is 5.74. The Balaban J connectivity index is 0.00000149. The van der Waals surface area contributed by atoms with Crippen LogP contribution >= 0.6 is 0 Å². The van der Waals surface area contributed by atoms with Crippen molar-refractivity contribution in [1.29, 1.82) is 0 Å². The van der Waals surface area contributed by atoms with Gasteiger partial charge in [0.1, 0.15) is 18.2 Å². The first-order chi connectivity index (χ1) is 16.3. The van der Waals surface area contributed by atoms with Crippen LogP contribution in [-0.2, 0) is 13.1 Å². The number of nitrogens with one attached hydrogen (secondary N) is 2. The number of hydrogen-bond acceptors (Lipinski definition) is 6. The van der Waals surface area contributed by atoms with Gasteiger partial charge in [0.2, 0.25) is 5.95 Å². The molecule has 0 spiro atoms. The Morgan fingerprint density at radius 3 is 2.58 bits per heavy atom. The molecule has 0 amide bonds. The van der Waals surface area contributed by atoms with E-state index in [0.29, 0.717) is 37.3 Å². The summed E-state index contributed by atoms with van der Waals surface area (Å²) in [7, 11) is 0. The lowest BCUT2D eigenvalue weighted by Crippen LogP contribution is -2.08. The van der Waals surface area contributed by atoms with Gasteiger partial charge < -0.3 is 15.4 Å². The number of benzene rings is 2. The third-order valence-corrected chi connectivity index (χ3v) is 4.57. The van der Waals surface area contributed by atoms with Crippen molar-refractivity contribution < 1.29 is 4.74 Å². The predicted octanol–water partition coefficient (Wildman–Crippen LogP) is 5.96. The van der Waals surface area contributed by atoms with Gasteiger partial charge in [0, 0.05) is 29.8 Å². The second-order valence-electron chi connectivity index (χ2n) is 6.81. The molecule has 2 aromatic carbocycles. The lowest BCUT2D eigenvalue weighted by atomic mass is 10.2. The first kappa shape index (κ1) is 23.5. The fourth-order valence-corrected chi connectivity index (χ4v) is 3.15. The minimum Gasteiger partial charge on any atom is -0.489 e. The van der Waals surface area contributed by atoms with Crippen LogP contribution in [0.15, 0.2) is 86.1 Å². The van der Waals surface area contributed by atoms with Crippen LogP contribution in [0.25, 0.3) is 10.9 Å². The van der Waals surface area contributed by atoms with Crippen molar-refractivity contribution in [2.45, 2.75) is 26.9 Å². The standard InChI is InChI=1S/C24H24N6O.C2H6/c1-3-14-30-15-13-22(29-30)27-23-19-10-6-7-11-20(19)26-24(28-23)25-17-18-9-5-8-12-21(18)31-16-4-2;1-2/h3-13,15H,1-2,14,16-17H2,(H2,25,26,27,28,29);1-2H3. The van der Waals surface area contributed by atoms with E-state index in [-0.39, 0.29) is 0 Å². The molecule has 7 nitrogen and oxygen atoms in total. The van der Waals surface area contributed by atoms with Gasteiger partial charge in [-0.3, -0.25) is 4.68 Å². The fourth-order valence-electron chi connectivity index (χ4n) is 3.15. The van der Waals surface area contributed by atoms with Crippen LogP contribution in [0.1, 0.15) is 19.4 Å². The minimum atomic E-state index is 0.454. The molecule has 2 aromatic heterocycles. The van der Waals surface area contributed by atoms with Crippen LogP contribution in [-0.4, -0.2) is 26.4 Å². The molecule has 0 saturated carbocycles. The molecule has 0 aliphatic carbocycles. The quantitative estimate of drug-likeness (QED) is 0.295. The van der Waals surface area contributed by atoms with E-state index in [0.717, 1.165) is 22.2 Å². The average molecular weight is 443 g/mol. The van der Waals surface area contributed by atoms with E-state index in [1.807, 2.05) is 74.6 Å². The summed E-state index contributed by atoms with van der Waals surface area (Å²) in [4.78, 5) is 9.36. The summed E-state index contributed by atoms with van der Waals surface area (Å²) in [6, 6.07) is 17.7. The van der Waals surface area contributed by atoms with E-state index in [2.05, 4.69) is 33.9 Å². The predicted molar refractivity (Wildman–Crippen MR) is 136 cm³/mol. The Kier molecular flexibility index (Phi) is 8.59. The van der Waals surface area contributed by atoms with Gasteiger partial charge in [0.05, 0.1) is 12.1 Å². The summed E-state index contributed by atoms with van der Waals surface area (Å²) >= 11 is 0. The van der Waals surface area contributed by atoms with Crippen molar-refractivity contribution in [3.63, 3.8) is 0 Å². The molecular formula is C26H30N6O. The Morgan fingerprint density at radius 1 is 0.970 bits per heavy atom. The SMILES string of the molecule is C=CCOc1ccccc1CNc1nc(Nc2ccn(CC=C)n2)c2ccccc2n1.CC. The number of rotatable bonds is 10. The van der Waals surface area contributed by atoms with Crippen LogP contribution < -0.4 is 15.4 Å². The molecule has 0 saturated heterocycles. The number of anilines is 3. The number of aromatic nitrogens is 4. The Hall–Kier alpha value is -4.13. The topological polar surface area (TPSA) is 76.9 Å². The van der Waals surface area contributed by atoms with Crippen molar-refractivity contribution in [3.05, 3.63) is 91.7 Å². The number of ether oxygens (including phenoxy) is 1. The summed E-state index contributed by atoms with van der Waals surface area (Å²) in [6.45, 7) is 13.1. The van der Waals surface area contributed by atoms with E-state index in [1.54, 1.807) is 16.8 Å². The normalized spacial score (nSPS) is 10.1. The first-order valence-electron chi connectivity index (χ1n) is 11.0. The summed E-state index contributed by atoms with van der Waals surface area (Å²) in [5.41, 5.74) is 1.85. The van der Waals surface area contributed by atoms with Gasteiger partial charge in [-0.25, -0.2) is 4.98 Å². The van der Waals surface area contributed by atoms with Crippen molar-refractivity contribution >= 4 is 28.5 Å². The van der Waals surface area contributed by atoms with Gasteiger partial charge in [-0.15, -0.1) is 6.58 Å². The van der Waals surface area contributed by atoms with Gasteiger partial charge in [0.15, 0.2) is 5.82 Å². The molecule has 33 heavy (non-hydrogen) atoms. The monoisotopic (exact) mass is 442 g/mol. The number of hydrogen-bond donors (Lipinski definition) is 2. The zero-order valence-electron chi connectivity index (χ0n) is 19.2. The minimum absolute atomic E-state index is 0.454. The maximum absolute atomic E-state index is 5.74. The number of allylic oxidation sites excluding steroid dienone is 1. The van der Waals surface area contributed by atoms with Gasteiger partial charge >= 0.3 is 0 Å². The van der Waals surface area contributed by atoms with E-state index in [1.165, 1.54) is 0 Å². The molecule has 0 aliphatic heterocycles. The lowest BCUT2D eigenvalue weighted by Gasteiger charge is -2.13. The maximum Gasteiger partial charge on any atom is 0.225 e. The molecule has 7 heteroatoms. The lowest BCUT2D eigenvalue weighted by molar-refractivity contribution is 0.359. The molecule has 0 bridgehead atoms. The van der Waals surface area contributed by atoms with Crippen molar-refractivity contribution in [3.8, 4) is 5.75 Å². The fraction of sp³-hybridized carbons (Fsp3) is 0.192. The van der Waals surface area contributed by atoms with Crippen LogP contribution in [0.3, 0.4) is 0 Å². The largest absolute Gasteiger partial charge is 0.489 e. The molecule has 170 valence electrons. The summed E-state index contributed by atoms with van der Waals surface area (Å²) < 4.78 is 7.54. The highest BCUT2D eigenvalue weighted by atomic mass is 16.5. The molecule has 0 aliphatic rings. The summed E-state index contributed by atoms with van der Waals surface area (Å²) in [6.07, 6.45) is 5.42. The second kappa shape index (κ2) is 12.0. The van der Waals surface area contributed by atoms with Crippen molar-refractivity contribution in [2.75, 3.05) is 17.2 Å². The molecular weight excluding hydrogens is 412 g/mol. The zero-order valence-corrected chi connectivity index (χ0v) is 19.2. The molecule has 0 atom stereocenters. The van der Waals surface area contributed by atoms with Gasteiger partial charge in [-0.1, -0.05) is 62.9 Å². The average Bonchev–Trinajstić information content (AvgIpc) is 3.30. The molecule has 4 rings (SSSR count). The van der Waals surface area contributed by atoms with Crippen molar-refractivity contribution in [2.24, 2.45) is 0 Å². The van der Waals surface area contributed by atoms with Gasteiger partial charge in [-0.2, -0.15) is 10.1 Å². The Labute approximate surface area is 194 Å². The number of nitrogens with zero attached hydrogens (tertiary/aromatic N) is 4. The highest BCUT2D eigenvalue weighted by Crippen LogP contribution is 2.25. The number of fused-ring (bicyclic) bond motifs is 1. The third-order valence-electron chi connectivity index (χ3n) is 4.57. The second-order valence-corrected chi connectivity index (χ2v) is 6.81. The summed E-state index contributed by atoms with van der Waals surface area (Å²) in [5, 5.41) is 12.0. The highest BCUT2D eigenvalue weighted by Gasteiger charge is 2.10. The van der Waals surface area contributed by atoms with Crippen LogP contribution in [0.5, 0.6) is 5.75 Å². The molecule has 0 fully saturated rings. The van der Waals surface area contributed by atoms with E-state index >= 15 is 0 Å². The van der Waals surface area contributed by atoms with E-state index in [4.69, 9.17) is 9.72 Å². The van der Waals surface area contributed by atoms with Crippen molar-refractivity contribution in [1.82, 2.24) is 19.7 Å². The highest BCUT2D eigenvalue weighted by molar-refractivity contribution is 5.91.